The van der Waals surface area contributed by atoms with Gasteiger partial charge in [-0.25, -0.2) is 0 Å². The van der Waals surface area contributed by atoms with E-state index in [-0.39, 0.29) is 0 Å². The second kappa shape index (κ2) is 9.08. The molecule has 0 aliphatic carbocycles. The van der Waals surface area contributed by atoms with Crippen molar-refractivity contribution in [3.8, 4) is 0 Å². The minimum atomic E-state index is 0.510. The molecule has 27 heavy (non-hydrogen) atoms. The number of aliphatic imine (C=N–C) groups is 1. The summed E-state index contributed by atoms with van der Waals surface area (Å²) in [5, 5.41) is 12.9. The zero-order valence-corrected chi connectivity index (χ0v) is 17.6. The summed E-state index contributed by atoms with van der Waals surface area (Å²) in [4.78, 5) is 11.0. The maximum Gasteiger partial charge on any atom is 0.191 e. The molecule has 0 atom stereocenters. The molecule has 0 bridgehead atoms. The summed E-state index contributed by atoms with van der Waals surface area (Å²) < 4.78 is 0. The summed E-state index contributed by atoms with van der Waals surface area (Å²) in [6.07, 6.45) is 3.51. The van der Waals surface area contributed by atoms with E-state index in [9.17, 15) is 0 Å². The van der Waals surface area contributed by atoms with Crippen molar-refractivity contribution in [2.75, 3.05) is 44.7 Å². The molecule has 4 rings (SSSR count). The van der Waals surface area contributed by atoms with Crippen LogP contribution in [0.1, 0.15) is 23.3 Å². The molecule has 2 aromatic heterocycles. The molecule has 146 valence electrons. The molecule has 1 fully saturated rings. The second-order valence-electron chi connectivity index (χ2n) is 7.25. The van der Waals surface area contributed by atoms with Gasteiger partial charge in [-0.15, -0.1) is 22.7 Å². The number of anilines is 1. The Morgan fingerprint density at radius 3 is 2.85 bits per heavy atom. The Morgan fingerprint density at radius 1 is 1.19 bits per heavy atom. The number of rotatable bonds is 5. The number of fused-ring (bicyclic) bond motifs is 1. The predicted octanol–water partition coefficient (Wildman–Crippen LogP) is 3.00. The Morgan fingerprint density at radius 2 is 2.07 bits per heavy atom. The van der Waals surface area contributed by atoms with E-state index in [0.29, 0.717) is 6.04 Å². The lowest BCUT2D eigenvalue weighted by atomic mass is 10.1. The van der Waals surface area contributed by atoms with Crippen LogP contribution in [0.25, 0.3) is 0 Å². The van der Waals surface area contributed by atoms with E-state index in [1.807, 2.05) is 29.7 Å². The summed E-state index contributed by atoms with van der Waals surface area (Å²) in [5.74, 6) is 0.942. The van der Waals surface area contributed by atoms with Gasteiger partial charge in [0.15, 0.2) is 5.96 Å². The number of hydrogen-bond donors (Lipinski definition) is 2. The summed E-state index contributed by atoms with van der Waals surface area (Å²) in [6, 6.07) is 7.15. The van der Waals surface area contributed by atoms with Gasteiger partial charge in [-0.3, -0.25) is 9.89 Å². The van der Waals surface area contributed by atoms with Crippen LogP contribution in [0.15, 0.2) is 34.0 Å². The lowest BCUT2D eigenvalue weighted by molar-refractivity contribution is 0.260. The molecule has 2 N–H and O–H groups in total. The molecular weight excluding hydrogens is 374 g/mol. The number of piperidine rings is 1. The molecule has 0 radical (unpaired) electrons. The van der Waals surface area contributed by atoms with Gasteiger partial charge in [-0.05, 0) is 53.8 Å². The maximum absolute atomic E-state index is 4.43. The van der Waals surface area contributed by atoms with Crippen molar-refractivity contribution < 1.29 is 0 Å². The molecule has 0 aromatic carbocycles. The number of nitrogens with zero attached hydrogens (tertiary/aromatic N) is 3. The van der Waals surface area contributed by atoms with Crippen LogP contribution in [-0.4, -0.2) is 56.7 Å². The molecule has 0 spiro atoms. The number of hydrogen-bond acceptors (Lipinski definition) is 5. The van der Waals surface area contributed by atoms with E-state index in [4.69, 9.17) is 0 Å². The maximum atomic E-state index is 4.43. The van der Waals surface area contributed by atoms with Gasteiger partial charge >= 0.3 is 0 Å². The van der Waals surface area contributed by atoms with E-state index in [2.05, 4.69) is 54.4 Å². The Kier molecular flexibility index (Phi) is 6.32. The van der Waals surface area contributed by atoms with Crippen LogP contribution in [-0.2, 0) is 13.0 Å². The molecule has 0 saturated carbocycles. The predicted molar refractivity (Wildman–Crippen MR) is 117 cm³/mol. The fourth-order valence-electron chi connectivity index (χ4n) is 3.91. The van der Waals surface area contributed by atoms with Gasteiger partial charge in [0.2, 0.25) is 0 Å². The number of thiophene rings is 2. The molecule has 2 aromatic rings. The molecule has 5 nitrogen and oxygen atoms in total. The molecule has 0 amide bonds. The van der Waals surface area contributed by atoms with Gasteiger partial charge in [-0.2, -0.15) is 0 Å². The van der Waals surface area contributed by atoms with Crippen molar-refractivity contribution in [3.63, 3.8) is 0 Å². The topological polar surface area (TPSA) is 42.9 Å². The first kappa shape index (κ1) is 18.8. The van der Waals surface area contributed by atoms with Gasteiger partial charge in [0.25, 0.3) is 0 Å². The van der Waals surface area contributed by atoms with Gasteiger partial charge in [0.1, 0.15) is 0 Å². The minimum Gasteiger partial charge on any atom is -0.363 e. The molecule has 4 heterocycles. The van der Waals surface area contributed by atoms with Gasteiger partial charge in [-0.1, -0.05) is 0 Å². The Bertz CT molecular complexity index is 731. The standard InChI is InChI=1S/C20H29N5S2/c1-21-20(22-8-12-24-9-6-18-16(15-24)7-14-26-18)23-17-4-10-25(11-5-17)19-3-2-13-27-19/h2-3,7,13-14,17H,4-6,8-12,15H2,1H3,(H2,21,22,23). The van der Waals surface area contributed by atoms with Crippen LogP contribution in [0.3, 0.4) is 0 Å². The number of nitrogens with one attached hydrogen (secondary N) is 2. The summed E-state index contributed by atoms with van der Waals surface area (Å²) in [7, 11) is 1.87. The SMILES string of the molecule is CN=C(NCCN1CCc2sccc2C1)NC1CCN(c2cccs2)CC1. The average molecular weight is 404 g/mol. The van der Waals surface area contributed by atoms with E-state index < -0.39 is 0 Å². The highest BCUT2D eigenvalue weighted by Crippen LogP contribution is 2.25. The first-order valence-corrected chi connectivity index (χ1v) is 11.6. The largest absolute Gasteiger partial charge is 0.363 e. The third kappa shape index (κ3) is 4.83. The average Bonchev–Trinajstić information content (AvgIpc) is 3.39. The van der Waals surface area contributed by atoms with Crippen LogP contribution < -0.4 is 15.5 Å². The van der Waals surface area contributed by atoms with Gasteiger partial charge in [0.05, 0.1) is 5.00 Å². The van der Waals surface area contributed by atoms with Crippen molar-refractivity contribution in [1.82, 2.24) is 15.5 Å². The van der Waals surface area contributed by atoms with Crippen molar-refractivity contribution >= 4 is 33.6 Å². The quantitative estimate of drug-likeness (QED) is 0.595. The first-order chi connectivity index (χ1) is 13.3. The van der Waals surface area contributed by atoms with Gasteiger partial charge in [0, 0.05) is 57.2 Å². The Labute approximate surface area is 170 Å². The summed E-state index contributed by atoms with van der Waals surface area (Å²) >= 11 is 3.74. The van der Waals surface area contributed by atoms with Crippen LogP contribution in [0, 0.1) is 0 Å². The van der Waals surface area contributed by atoms with Crippen LogP contribution >= 0.6 is 22.7 Å². The third-order valence-electron chi connectivity index (χ3n) is 5.48. The van der Waals surface area contributed by atoms with Crippen LogP contribution in [0.5, 0.6) is 0 Å². The van der Waals surface area contributed by atoms with Crippen LogP contribution in [0.4, 0.5) is 5.00 Å². The van der Waals surface area contributed by atoms with Crippen molar-refractivity contribution in [3.05, 3.63) is 39.4 Å². The fraction of sp³-hybridized carbons (Fsp3) is 0.550. The summed E-state index contributed by atoms with van der Waals surface area (Å²) in [5.41, 5.74) is 1.52. The van der Waals surface area contributed by atoms with Gasteiger partial charge < -0.3 is 15.5 Å². The van der Waals surface area contributed by atoms with Crippen molar-refractivity contribution in [2.45, 2.75) is 31.8 Å². The minimum absolute atomic E-state index is 0.510. The number of guanidine groups is 1. The Balaban J connectivity index is 1.17. The van der Waals surface area contributed by atoms with Crippen molar-refractivity contribution in [2.24, 2.45) is 4.99 Å². The Hall–Kier alpha value is -1.57. The van der Waals surface area contributed by atoms with Crippen LogP contribution in [0.2, 0.25) is 0 Å². The van der Waals surface area contributed by atoms with E-state index in [0.717, 1.165) is 51.5 Å². The van der Waals surface area contributed by atoms with E-state index >= 15 is 0 Å². The van der Waals surface area contributed by atoms with E-state index in [1.165, 1.54) is 23.5 Å². The zero-order chi connectivity index (χ0) is 18.5. The third-order valence-corrected chi connectivity index (χ3v) is 7.44. The molecular formula is C20H29N5S2. The summed E-state index contributed by atoms with van der Waals surface area (Å²) in [6.45, 7) is 6.49. The van der Waals surface area contributed by atoms with E-state index in [1.54, 1.807) is 4.88 Å². The highest BCUT2D eigenvalue weighted by molar-refractivity contribution is 7.14. The lowest BCUT2D eigenvalue weighted by Gasteiger charge is -2.33. The molecule has 7 heteroatoms. The fourth-order valence-corrected chi connectivity index (χ4v) is 5.59. The zero-order valence-electron chi connectivity index (χ0n) is 16.0. The molecule has 0 unspecified atom stereocenters. The van der Waals surface area contributed by atoms with Crippen molar-refractivity contribution in [1.29, 1.82) is 0 Å². The lowest BCUT2D eigenvalue weighted by Crippen LogP contribution is -2.49. The highest BCUT2D eigenvalue weighted by Gasteiger charge is 2.21. The second-order valence-corrected chi connectivity index (χ2v) is 9.18. The highest BCUT2D eigenvalue weighted by atomic mass is 32.1. The monoisotopic (exact) mass is 403 g/mol. The smallest absolute Gasteiger partial charge is 0.191 e. The molecule has 1 saturated heterocycles. The molecule has 2 aliphatic heterocycles. The normalized spacial score (nSPS) is 19.1. The molecule has 2 aliphatic rings. The first-order valence-electron chi connectivity index (χ1n) is 9.85.